The number of benzodiazepines with no additional fused rings is 1. The van der Waals surface area contributed by atoms with Gasteiger partial charge in [-0.25, -0.2) is 0 Å². The van der Waals surface area contributed by atoms with Crippen LogP contribution in [0.5, 0.6) is 5.75 Å². The lowest BCUT2D eigenvalue weighted by molar-refractivity contribution is 0.475. The zero-order valence-corrected chi connectivity index (χ0v) is 12.0. The number of likely N-dealkylation sites (N-methyl/N-ethyl adjacent to an activating group) is 1. The standard InChI is InChI=1S/C18H18N2O/c1-20-12-11-19-17(16-7-2-3-8-18(16)20)10-9-14-5-4-6-15(21)13-14/h2-10,13,21H,11-12H2,1H3. The molecular weight excluding hydrogens is 260 g/mol. The third-order valence-electron chi connectivity index (χ3n) is 3.61. The molecule has 0 aromatic heterocycles. The Hall–Kier alpha value is -2.55. The van der Waals surface area contributed by atoms with Crippen molar-refractivity contribution in [2.45, 2.75) is 0 Å². The minimum atomic E-state index is 0.278. The first kappa shape index (κ1) is 13.4. The van der Waals surface area contributed by atoms with Gasteiger partial charge < -0.3 is 10.0 Å². The van der Waals surface area contributed by atoms with Crippen LogP contribution in [0.2, 0.25) is 0 Å². The molecule has 2 aromatic carbocycles. The zero-order valence-electron chi connectivity index (χ0n) is 12.0. The number of anilines is 1. The fourth-order valence-electron chi connectivity index (χ4n) is 2.50. The van der Waals surface area contributed by atoms with Crippen LogP contribution in [0.25, 0.3) is 6.08 Å². The fourth-order valence-corrected chi connectivity index (χ4v) is 2.50. The molecule has 1 heterocycles. The van der Waals surface area contributed by atoms with Gasteiger partial charge in [-0.2, -0.15) is 0 Å². The topological polar surface area (TPSA) is 35.8 Å². The number of fused-ring (bicyclic) bond motifs is 1. The maximum Gasteiger partial charge on any atom is 0.116 e. The molecular formula is C18H18N2O. The molecule has 3 heteroatoms. The van der Waals surface area contributed by atoms with E-state index in [1.165, 1.54) is 5.69 Å². The number of aliphatic imine (C=N–C) groups is 1. The number of phenols is 1. The highest BCUT2D eigenvalue weighted by Gasteiger charge is 2.13. The Bertz CT molecular complexity index is 704. The summed E-state index contributed by atoms with van der Waals surface area (Å²) in [5.74, 6) is 0.278. The molecule has 2 aromatic rings. The number of allylic oxidation sites excluding steroid dienone is 1. The predicted octanol–water partition coefficient (Wildman–Crippen LogP) is 3.34. The maximum atomic E-state index is 9.52. The molecule has 106 valence electrons. The van der Waals surface area contributed by atoms with Crippen molar-refractivity contribution in [3.63, 3.8) is 0 Å². The molecule has 0 saturated carbocycles. The summed E-state index contributed by atoms with van der Waals surface area (Å²) in [7, 11) is 2.09. The van der Waals surface area contributed by atoms with Crippen LogP contribution in [0.1, 0.15) is 11.1 Å². The number of benzene rings is 2. The quantitative estimate of drug-likeness (QED) is 0.914. The molecule has 0 bridgehead atoms. The Morgan fingerprint density at radius 3 is 2.81 bits per heavy atom. The van der Waals surface area contributed by atoms with E-state index in [0.29, 0.717) is 0 Å². The van der Waals surface area contributed by atoms with Crippen molar-refractivity contribution in [2.75, 3.05) is 25.0 Å². The van der Waals surface area contributed by atoms with Crippen LogP contribution in [0, 0.1) is 0 Å². The van der Waals surface area contributed by atoms with Gasteiger partial charge in [0.2, 0.25) is 0 Å². The number of hydrogen-bond donors (Lipinski definition) is 1. The highest BCUT2D eigenvalue weighted by Crippen LogP contribution is 2.23. The van der Waals surface area contributed by atoms with Gasteiger partial charge in [0, 0.05) is 24.8 Å². The lowest BCUT2D eigenvalue weighted by Crippen LogP contribution is -2.20. The van der Waals surface area contributed by atoms with Crippen LogP contribution in [0.4, 0.5) is 5.69 Å². The van der Waals surface area contributed by atoms with E-state index < -0.39 is 0 Å². The van der Waals surface area contributed by atoms with Crippen molar-refractivity contribution < 1.29 is 5.11 Å². The Labute approximate surface area is 124 Å². The lowest BCUT2D eigenvalue weighted by atomic mass is 10.1. The molecule has 1 aliphatic heterocycles. The Morgan fingerprint density at radius 2 is 1.95 bits per heavy atom. The Kier molecular flexibility index (Phi) is 3.73. The van der Waals surface area contributed by atoms with E-state index >= 15 is 0 Å². The molecule has 0 saturated heterocycles. The van der Waals surface area contributed by atoms with Crippen LogP contribution < -0.4 is 4.90 Å². The average Bonchev–Trinajstić information content (AvgIpc) is 2.65. The summed E-state index contributed by atoms with van der Waals surface area (Å²) in [5.41, 5.74) is 4.30. The van der Waals surface area contributed by atoms with Crippen LogP contribution in [0.3, 0.4) is 0 Å². The first-order valence-electron chi connectivity index (χ1n) is 7.06. The van der Waals surface area contributed by atoms with Crippen LogP contribution in [-0.2, 0) is 0 Å². The van der Waals surface area contributed by atoms with Crippen molar-refractivity contribution >= 4 is 17.5 Å². The minimum Gasteiger partial charge on any atom is -0.508 e. The molecule has 0 unspecified atom stereocenters. The Morgan fingerprint density at radius 1 is 1.10 bits per heavy atom. The summed E-state index contributed by atoms with van der Waals surface area (Å²) in [6, 6.07) is 15.5. The highest BCUT2D eigenvalue weighted by atomic mass is 16.3. The second kappa shape index (κ2) is 5.83. The van der Waals surface area contributed by atoms with E-state index in [2.05, 4.69) is 35.1 Å². The highest BCUT2D eigenvalue weighted by molar-refractivity contribution is 6.14. The number of rotatable bonds is 2. The number of phenolic OH excluding ortho intramolecular Hbond substituents is 1. The normalized spacial score (nSPS) is 14.7. The molecule has 0 fully saturated rings. The van der Waals surface area contributed by atoms with Crippen LogP contribution in [-0.4, -0.2) is 31.0 Å². The van der Waals surface area contributed by atoms with Crippen molar-refractivity contribution in [3.8, 4) is 5.75 Å². The van der Waals surface area contributed by atoms with Gasteiger partial charge in [0.25, 0.3) is 0 Å². The third kappa shape index (κ3) is 2.97. The third-order valence-corrected chi connectivity index (χ3v) is 3.61. The second-order valence-electron chi connectivity index (χ2n) is 5.13. The second-order valence-corrected chi connectivity index (χ2v) is 5.13. The molecule has 0 atom stereocenters. The molecule has 0 aliphatic carbocycles. The van der Waals surface area contributed by atoms with E-state index in [-0.39, 0.29) is 5.75 Å². The van der Waals surface area contributed by atoms with Crippen LogP contribution >= 0.6 is 0 Å². The van der Waals surface area contributed by atoms with Crippen molar-refractivity contribution in [1.29, 1.82) is 0 Å². The van der Waals surface area contributed by atoms with Gasteiger partial charge in [-0.3, -0.25) is 4.99 Å². The van der Waals surface area contributed by atoms with Gasteiger partial charge >= 0.3 is 0 Å². The van der Waals surface area contributed by atoms with Crippen LogP contribution in [0.15, 0.2) is 59.6 Å². The van der Waals surface area contributed by atoms with Gasteiger partial charge in [0.1, 0.15) is 5.75 Å². The van der Waals surface area contributed by atoms with E-state index in [9.17, 15) is 5.11 Å². The van der Waals surface area contributed by atoms with E-state index in [1.807, 2.05) is 30.4 Å². The maximum absolute atomic E-state index is 9.52. The van der Waals surface area contributed by atoms with Gasteiger partial charge in [0.05, 0.1) is 12.3 Å². The number of para-hydroxylation sites is 1. The molecule has 1 N–H and O–H groups in total. The summed E-state index contributed by atoms with van der Waals surface area (Å²) in [4.78, 5) is 6.91. The monoisotopic (exact) mass is 278 g/mol. The molecule has 3 nitrogen and oxygen atoms in total. The van der Waals surface area contributed by atoms with Gasteiger partial charge in [-0.15, -0.1) is 0 Å². The first-order chi connectivity index (χ1) is 10.2. The van der Waals surface area contributed by atoms with Gasteiger partial charge in [0.15, 0.2) is 0 Å². The van der Waals surface area contributed by atoms with Gasteiger partial charge in [-0.05, 0) is 29.8 Å². The van der Waals surface area contributed by atoms with E-state index in [1.54, 1.807) is 12.1 Å². The van der Waals surface area contributed by atoms with Crippen molar-refractivity contribution in [3.05, 3.63) is 65.7 Å². The molecule has 0 spiro atoms. The average molecular weight is 278 g/mol. The number of hydrogen-bond acceptors (Lipinski definition) is 3. The Balaban J connectivity index is 1.95. The summed E-state index contributed by atoms with van der Waals surface area (Å²) >= 11 is 0. The lowest BCUT2D eigenvalue weighted by Gasteiger charge is -2.18. The fraction of sp³-hybridized carbons (Fsp3) is 0.167. The molecule has 21 heavy (non-hydrogen) atoms. The van der Waals surface area contributed by atoms with E-state index in [0.717, 1.165) is 29.9 Å². The summed E-state index contributed by atoms with van der Waals surface area (Å²) in [6.07, 6.45) is 4.01. The van der Waals surface area contributed by atoms with Crippen molar-refractivity contribution in [2.24, 2.45) is 4.99 Å². The summed E-state index contributed by atoms with van der Waals surface area (Å²) in [5, 5.41) is 9.52. The predicted molar refractivity (Wildman–Crippen MR) is 88.3 cm³/mol. The largest absolute Gasteiger partial charge is 0.508 e. The molecule has 1 aliphatic rings. The number of aromatic hydroxyl groups is 1. The number of nitrogens with zero attached hydrogens (tertiary/aromatic N) is 2. The minimum absolute atomic E-state index is 0.278. The summed E-state index contributed by atoms with van der Waals surface area (Å²) in [6.45, 7) is 1.70. The molecule has 3 rings (SSSR count). The smallest absolute Gasteiger partial charge is 0.116 e. The zero-order chi connectivity index (χ0) is 14.7. The van der Waals surface area contributed by atoms with E-state index in [4.69, 9.17) is 0 Å². The molecule has 0 amide bonds. The van der Waals surface area contributed by atoms with Crippen molar-refractivity contribution in [1.82, 2.24) is 0 Å². The van der Waals surface area contributed by atoms with Gasteiger partial charge in [-0.1, -0.05) is 36.4 Å². The summed E-state index contributed by atoms with van der Waals surface area (Å²) < 4.78 is 0. The first-order valence-corrected chi connectivity index (χ1v) is 7.06. The molecule has 0 radical (unpaired) electrons. The SMILES string of the molecule is CN1CCN=C(C=Cc2cccc(O)c2)c2ccccc21.